The molecule has 0 amide bonds. The van der Waals surface area contributed by atoms with Crippen molar-refractivity contribution >= 4 is 0 Å². The minimum Gasteiger partial charge on any atom is -0.312 e. The van der Waals surface area contributed by atoms with Crippen LogP contribution in [0.1, 0.15) is 44.2 Å². The normalized spacial score (nSPS) is 17.6. The van der Waals surface area contributed by atoms with Crippen LogP contribution in [0.3, 0.4) is 0 Å². The van der Waals surface area contributed by atoms with Crippen molar-refractivity contribution in [2.45, 2.75) is 58.0 Å². The molecule has 0 saturated heterocycles. The maximum absolute atomic E-state index is 11.7. The highest BCUT2D eigenvalue weighted by molar-refractivity contribution is 4.95. The Labute approximate surface area is 108 Å². The highest BCUT2D eigenvalue weighted by Gasteiger charge is 2.10. The predicted octanol–water partition coefficient (Wildman–Crippen LogP) is 1.86. The Morgan fingerprint density at radius 3 is 2.72 bits per heavy atom. The van der Waals surface area contributed by atoms with Gasteiger partial charge in [0.25, 0.3) is 5.56 Å². The van der Waals surface area contributed by atoms with Gasteiger partial charge in [0.2, 0.25) is 0 Å². The van der Waals surface area contributed by atoms with Gasteiger partial charge in [0.05, 0.1) is 6.33 Å². The van der Waals surface area contributed by atoms with E-state index < -0.39 is 0 Å². The number of aromatic nitrogens is 2. The van der Waals surface area contributed by atoms with E-state index in [1.165, 1.54) is 38.5 Å². The smallest absolute Gasteiger partial charge is 0.253 e. The van der Waals surface area contributed by atoms with E-state index in [0.29, 0.717) is 12.6 Å². The first-order valence-electron chi connectivity index (χ1n) is 7.02. The van der Waals surface area contributed by atoms with Gasteiger partial charge in [-0.25, -0.2) is 4.98 Å². The zero-order chi connectivity index (χ0) is 12.8. The van der Waals surface area contributed by atoms with Gasteiger partial charge in [-0.05, 0) is 19.8 Å². The van der Waals surface area contributed by atoms with Crippen molar-refractivity contribution in [3.05, 3.63) is 28.4 Å². The SMILES string of the molecule is Cc1cc(=O)n(CCNC2CCCCCC2)cn1. The van der Waals surface area contributed by atoms with Gasteiger partial charge in [0.15, 0.2) is 0 Å². The molecule has 4 nitrogen and oxygen atoms in total. The number of hydrogen-bond donors (Lipinski definition) is 1. The van der Waals surface area contributed by atoms with Gasteiger partial charge in [-0.1, -0.05) is 25.7 Å². The third-order valence-electron chi connectivity index (χ3n) is 3.66. The Kier molecular flexibility index (Phi) is 4.93. The lowest BCUT2D eigenvalue weighted by Crippen LogP contribution is -2.33. The molecule has 0 aliphatic heterocycles. The number of nitrogens with zero attached hydrogens (tertiary/aromatic N) is 2. The summed E-state index contributed by atoms with van der Waals surface area (Å²) in [5, 5.41) is 3.56. The molecule has 0 atom stereocenters. The minimum atomic E-state index is 0.0465. The van der Waals surface area contributed by atoms with Crippen molar-refractivity contribution in [2.24, 2.45) is 0 Å². The zero-order valence-corrected chi connectivity index (χ0v) is 11.2. The molecule has 2 rings (SSSR count). The maximum atomic E-state index is 11.7. The fourth-order valence-electron chi connectivity index (χ4n) is 2.56. The van der Waals surface area contributed by atoms with Crippen LogP contribution in [0.15, 0.2) is 17.2 Å². The third kappa shape index (κ3) is 3.95. The molecule has 18 heavy (non-hydrogen) atoms. The van der Waals surface area contributed by atoms with E-state index in [4.69, 9.17) is 0 Å². The third-order valence-corrected chi connectivity index (χ3v) is 3.66. The number of hydrogen-bond acceptors (Lipinski definition) is 3. The van der Waals surface area contributed by atoms with E-state index >= 15 is 0 Å². The Morgan fingerprint density at radius 1 is 1.33 bits per heavy atom. The van der Waals surface area contributed by atoms with Gasteiger partial charge >= 0.3 is 0 Å². The fraction of sp³-hybridized carbons (Fsp3) is 0.714. The largest absolute Gasteiger partial charge is 0.312 e. The summed E-state index contributed by atoms with van der Waals surface area (Å²) in [7, 11) is 0. The second-order valence-electron chi connectivity index (χ2n) is 5.20. The molecule has 1 aliphatic rings. The summed E-state index contributed by atoms with van der Waals surface area (Å²) in [5.74, 6) is 0. The molecular weight excluding hydrogens is 226 g/mol. The maximum Gasteiger partial charge on any atom is 0.253 e. The first kappa shape index (κ1) is 13.3. The second-order valence-corrected chi connectivity index (χ2v) is 5.20. The summed E-state index contributed by atoms with van der Waals surface area (Å²) in [5.41, 5.74) is 0.832. The zero-order valence-electron chi connectivity index (χ0n) is 11.2. The Bertz CT molecular complexity index is 419. The van der Waals surface area contributed by atoms with Crippen molar-refractivity contribution in [3.63, 3.8) is 0 Å². The molecule has 0 spiro atoms. The molecule has 1 aromatic heterocycles. The van der Waals surface area contributed by atoms with Crippen LogP contribution < -0.4 is 10.9 Å². The second kappa shape index (κ2) is 6.69. The quantitative estimate of drug-likeness (QED) is 0.829. The molecule has 0 unspecified atom stereocenters. The van der Waals surface area contributed by atoms with Gasteiger partial charge in [0.1, 0.15) is 0 Å². The average molecular weight is 249 g/mol. The lowest BCUT2D eigenvalue weighted by atomic mass is 10.1. The van der Waals surface area contributed by atoms with Gasteiger partial charge in [-0.15, -0.1) is 0 Å². The molecule has 4 heteroatoms. The molecule has 0 bridgehead atoms. The first-order chi connectivity index (χ1) is 8.75. The Hall–Kier alpha value is -1.16. The summed E-state index contributed by atoms with van der Waals surface area (Å²) in [6.45, 7) is 3.41. The van der Waals surface area contributed by atoms with E-state index in [1.54, 1.807) is 17.0 Å². The van der Waals surface area contributed by atoms with Crippen LogP contribution in [0, 0.1) is 6.92 Å². The number of nitrogens with one attached hydrogen (secondary N) is 1. The molecule has 1 fully saturated rings. The van der Waals surface area contributed by atoms with Crippen molar-refractivity contribution in [3.8, 4) is 0 Å². The predicted molar refractivity (Wildman–Crippen MR) is 72.7 cm³/mol. The van der Waals surface area contributed by atoms with Crippen LogP contribution >= 0.6 is 0 Å². The molecule has 1 aliphatic carbocycles. The fourth-order valence-corrected chi connectivity index (χ4v) is 2.56. The molecule has 100 valence electrons. The minimum absolute atomic E-state index is 0.0465. The van der Waals surface area contributed by atoms with Gasteiger partial charge in [-0.2, -0.15) is 0 Å². The summed E-state index contributed by atoms with van der Waals surface area (Å²) in [6.07, 6.45) is 9.63. The molecule has 1 saturated carbocycles. The Morgan fingerprint density at radius 2 is 2.06 bits per heavy atom. The standard InChI is InChI=1S/C14H23N3O/c1-12-10-14(18)17(11-16-12)9-8-15-13-6-4-2-3-5-7-13/h10-11,13,15H,2-9H2,1H3. The summed E-state index contributed by atoms with van der Waals surface area (Å²) >= 11 is 0. The van der Waals surface area contributed by atoms with Gasteiger partial charge in [-0.3, -0.25) is 9.36 Å². The monoisotopic (exact) mass is 249 g/mol. The van der Waals surface area contributed by atoms with Crippen LogP contribution in [0.5, 0.6) is 0 Å². The molecule has 1 aromatic rings. The molecule has 0 radical (unpaired) electrons. The van der Waals surface area contributed by atoms with Crippen molar-refractivity contribution in [1.82, 2.24) is 14.9 Å². The van der Waals surface area contributed by atoms with Crippen molar-refractivity contribution in [2.75, 3.05) is 6.54 Å². The molecular formula is C14H23N3O. The van der Waals surface area contributed by atoms with E-state index in [9.17, 15) is 4.79 Å². The lowest BCUT2D eigenvalue weighted by Gasteiger charge is -2.16. The summed E-state index contributed by atoms with van der Waals surface area (Å²) in [6, 6.07) is 2.23. The topological polar surface area (TPSA) is 46.9 Å². The summed E-state index contributed by atoms with van der Waals surface area (Å²) < 4.78 is 1.68. The van der Waals surface area contributed by atoms with Crippen LogP contribution in [0.4, 0.5) is 0 Å². The summed E-state index contributed by atoms with van der Waals surface area (Å²) in [4.78, 5) is 15.8. The van der Waals surface area contributed by atoms with E-state index in [1.807, 2.05) is 6.92 Å². The van der Waals surface area contributed by atoms with Crippen molar-refractivity contribution in [1.29, 1.82) is 0 Å². The van der Waals surface area contributed by atoms with E-state index in [0.717, 1.165) is 12.2 Å². The van der Waals surface area contributed by atoms with Gasteiger partial charge in [0, 0.05) is 30.9 Å². The molecule has 1 heterocycles. The first-order valence-corrected chi connectivity index (χ1v) is 7.02. The highest BCUT2D eigenvalue weighted by Crippen LogP contribution is 2.16. The van der Waals surface area contributed by atoms with Crippen molar-refractivity contribution < 1.29 is 0 Å². The van der Waals surface area contributed by atoms with E-state index in [-0.39, 0.29) is 5.56 Å². The van der Waals surface area contributed by atoms with Crippen LogP contribution in [0.25, 0.3) is 0 Å². The number of rotatable bonds is 4. The van der Waals surface area contributed by atoms with Crippen LogP contribution in [-0.2, 0) is 6.54 Å². The van der Waals surface area contributed by atoms with Crippen LogP contribution in [0.2, 0.25) is 0 Å². The Balaban J connectivity index is 1.79. The highest BCUT2D eigenvalue weighted by atomic mass is 16.1. The molecule has 1 N–H and O–H groups in total. The average Bonchev–Trinajstić information content (AvgIpc) is 2.60. The van der Waals surface area contributed by atoms with Gasteiger partial charge < -0.3 is 5.32 Å². The number of aryl methyl sites for hydroxylation is 1. The molecule has 0 aromatic carbocycles. The van der Waals surface area contributed by atoms with E-state index in [2.05, 4.69) is 10.3 Å². The lowest BCUT2D eigenvalue weighted by molar-refractivity contribution is 0.441. The van der Waals surface area contributed by atoms with Crippen LogP contribution in [-0.4, -0.2) is 22.1 Å².